The minimum Gasteiger partial charge on any atom is -0.340 e. The second-order valence-corrected chi connectivity index (χ2v) is 7.52. The van der Waals surface area contributed by atoms with E-state index in [4.69, 9.17) is 0 Å². The summed E-state index contributed by atoms with van der Waals surface area (Å²) in [6.45, 7) is 3.97. The maximum atomic E-state index is 12.8. The lowest BCUT2D eigenvalue weighted by molar-refractivity contribution is -0.131. The Kier molecular flexibility index (Phi) is 5.29. The molecule has 0 radical (unpaired) electrons. The van der Waals surface area contributed by atoms with Crippen LogP contribution in [0, 0.1) is 13.8 Å². The van der Waals surface area contributed by atoms with E-state index in [1.54, 1.807) is 31.3 Å². The van der Waals surface area contributed by atoms with E-state index in [-0.39, 0.29) is 17.8 Å². The lowest BCUT2D eigenvalue weighted by atomic mass is 10.2. The smallest absolute Gasteiger partial charge is 0.273 e. The fraction of sp³-hybridized carbons (Fsp3) is 0.217. The van der Waals surface area contributed by atoms with Crippen LogP contribution in [-0.4, -0.2) is 37.4 Å². The van der Waals surface area contributed by atoms with Crippen LogP contribution in [0.2, 0.25) is 0 Å². The number of nitrogens with one attached hydrogen (secondary N) is 1. The summed E-state index contributed by atoms with van der Waals surface area (Å²) in [6, 6.07) is 16.3. The molecular weight excluding hydrogens is 394 g/mol. The van der Waals surface area contributed by atoms with Crippen molar-refractivity contribution in [2.45, 2.75) is 26.9 Å². The molecule has 0 bridgehead atoms. The third-order valence-corrected chi connectivity index (χ3v) is 5.44. The molecule has 4 rings (SSSR count). The topological polar surface area (TPSA) is 93.0 Å². The second-order valence-electron chi connectivity index (χ2n) is 7.52. The first-order valence-corrected chi connectivity index (χ1v) is 9.93. The number of likely N-dealkylation sites (N-methyl/N-ethyl adjacent to an activating group) is 1. The van der Waals surface area contributed by atoms with E-state index < -0.39 is 11.1 Å². The number of fused-ring (bicyclic) bond motifs is 1. The lowest BCUT2D eigenvalue weighted by Gasteiger charge is -2.18. The molecule has 158 valence electrons. The molecule has 8 nitrogen and oxygen atoms in total. The van der Waals surface area contributed by atoms with Gasteiger partial charge in [-0.2, -0.15) is 5.10 Å². The molecule has 1 amide bonds. The van der Waals surface area contributed by atoms with Gasteiger partial charge in [0.15, 0.2) is 0 Å². The highest BCUT2D eigenvalue weighted by atomic mass is 16.2. The Balaban J connectivity index is 1.57. The highest BCUT2D eigenvalue weighted by Crippen LogP contribution is 2.19. The van der Waals surface area contributed by atoms with Crippen molar-refractivity contribution in [1.29, 1.82) is 0 Å². The third kappa shape index (κ3) is 3.79. The highest BCUT2D eigenvalue weighted by molar-refractivity contribution is 5.81. The van der Waals surface area contributed by atoms with E-state index in [1.807, 2.05) is 48.9 Å². The Morgan fingerprint density at radius 2 is 1.65 bits per heavy atom. The fourth-order valence-corrected chi connectivity index (χ4v) is 3.66. The number of aromatic nitrogens is 4. The number of benzene rings is 2. The van der Waals surface area contributed by atoms with E-state index in [2.05, 4.69) is 10.2 Å². The molecule has 2 aromatic heterocycles. The van der Waals surface area contributed by atoms with Gasteiger partial charge in [-0.25, -0.2) is 9.36 Å². The summed E-state index contributed by atoms with van der Waals surface area (Å²) in [5.41, 5.74) is 2.86. The van der Waals surface area contributed by atoms with Crippen molar-refractivity contribution in [1.82, 2.24) is 24.5 Å². The minimum absolute atomic E-state index is 0.250. The first-order chi connectivity index (χ1) is 14.9. The van der Waals surface area contributed by atoms with Gasteiger partial charge in [-0.15, -0.1) is 0 Å². The standard InChI is InChI=1S/C23H23N5O3/c1-15-20(16(2)28(24-15)17-9-5-4-6-10-17)13-26(3)21(29)14-27-23(31)19-12-8-7-11-18(19)22(30)25-27/h4-12H,13-14H2,1-3H3,(H,25,30). The summed E-state index contributed by atoms with van der Waals surface area (Å²) in [6.07, 6.45) is 0. The molecule has 31 heavy (non-hydrogen) atoms. The first kappa shape index (κ1) is 20.3. The number of para-hydroxylation sites is 1. The molecule has 0 spiro atoms. The number of carbonyl (C=O) groups excluding carboxylic acids is 1. The SMILES string of the molecule is Cc1nn(-c2ccccc2)c(C)c1CN(C)C(=O)Cn1[nH]c(=O)c2ccccc2c1=O. The van der Waals surface area contributed by atoms with E-state index in [0.29, 0.717) is 11.9 Å². The Bertz CT molecular complexity index is 1380. The molecule has 0 unspecified atom stereocenters. The predicted molar refractivity (Wildman–Crippen MR) is 118 cm³/mol. The van der Waals surface area contributed by atoms with Crippen molar-refractivity contribution < 1.29 is 4.79 Å². The van der Waals surface area contributed by atoms with Crippen LogP contribution in [0.25, 0.3) is 16.5 Å². The van der Waals surface area contributed by atoms with Gasteiger partial charge in [0.2, 0.25) is 5.91 Å². The van der Waals surface area contributed by atoms with Crippen molar-refractivity contribution in [2.75, 3.05) is 7.05 Å². The van der Waals surface area contributed by atoms with Gasteiger partial charge in [0.1, 0.15) is 6.54 Å². The zero-order valence-corrected chi connectivity index (χ0v) is 17.6. The van der Waals surface area contributed by atoms with Crippen LogP contribution in [0.1, 0.15) is 17.0 Å². The number of rotatable bonds is 5. The van der Waals surface area contributed by atoms with Crippen LogP contribution in [0.4, 0.5) is 0 Å². The van der Waals surface area contributed by atoms with Crippen molar-refractivity contribution >= 4 is 16.7 Å². The van der Waals surface area contributed by atoms with Crippen LogP contribution in [0.3, 0.4) is 0 Å². The van der Waals surface area contributed by atoms with E-state index in [0.717, 1.165) is 27.3 Å². The van der Waals surface area contributed by atoms with Crippen LogP contribution in [0.15, 0.2) is 64.2 Å². The van der Waals surface area contributed by atoms with E-state index >= 15 is 0 Å². The van der Waals surface area contributed by atoms with Crippen molar-refractivity contribution in [3.8, 4) is 5.69 Å². The zero-order chi connectivity index (χ0) is 22.1. The number of carbonyl (C=O) groups is 1. The molecule has 0 aliphatic rings. The Morgan fingerprint density at radius 3 is 2.35 bits per heavy atom. The zero-order valence-electron chi connectivity index (χ0n) is 17.6. The first-order valence-electron chi connectivity index (χ1n) is 9.93. The Morgan fingerprint density at radius 1 is 1.00 bits per heavy atom. The van der Waals surface area contributed by atoms with Gasteiger partial charge >= 0.3 is 0 Å². The molecule has 4 aromatic rings. The number of nitrogens with zero attached hydrogens (tertiary/aromatic N) is 4. The van der Waals surface area contributed by atoms with Gasteiger partial charge in [0, 0.05) is 24.8 Å². The van der Waals surface area contributed by atoms with E-state index in [9.17, 15) is 14.4 Å². The minimum atomic E-state index is -0.402. The van der Waals surface area contributed by atoms with Crippen LogP contribution in [0.5, 0.6) is 0 Å². The van der Waals surface area contributed by atoms with Crippen LogP contribution >= 0.6 is 0 Å². The molecule has 0 aliphatic heterocycles. The average molecular weight is 417 g/mol. The number of aromatic amines is 1. The summed E-state index contributed by atoms with van der Waals surface area (Å²) in [5, 5.41) is 7.71. The number of H-pyrrole nitrogens is 1. The van der Waals surface area contributed by atoms with Crippen LogP contribution < -0.4 is 11.1 Å². The van der Waals surface area contributed by atoms with Crippen LogP contribution in [-0.2, 0) is 17.9 Å². The molecule has 8 heteroatoms. The predicted octanol–water partition coefficient (Wildman–Crippen LogP) is 2.15. The summed E-state index contributed by atoms with van der Waals surface area (Å²) in [4.78, 5) is 39.3. The van der Waals surface area contributed by atoms with Gasteiger partial charge in [-0.05, 0) is 38.1 Å². The number of amides is 1. The van der Waals surface area contributed by atoms with Crippen molar-refractivity contribution in [3.63, 3.8) is 0 Å². The molecule has 0 aliphatic carbocycles. The quantitative estimate of drug-likeness (QED) is 0.539. The van der Waals surface area contributed by atoms with Gasteiger partial charge in [0.05, 0.1) is 22.2 Å². The molecule has 2 aromatic carbocycles. The number of hydrogen-bond acceptors (Lipinski definition) is 4. The van der Waals surface area contributed by atoms with Gasteiger partial charge in [0.25, 0.3) is 11.1 Å². The molecular formula is C23H23N5O3. The van der Waals surface area contributed by atoms with Crippen molar-refractivity contribution in [2.24, 2.45) is 0 Å². The average Bonchev–Trinajstić information content (AvgIpc) is 3.06. The molecule has 0 saturated heterocycles. The Hall–Kier alpha value is -3.94. The highest BCUT2D eigenvalue weighted by Gasteiger charge is 2.18. The lowest BCUT2D eigenvalue weighted by Crippen LogP contribution is -2.37. The maximum absolute atomic E-state index is 12.8. The molecule has 0 atom stereocenters. The fourth-order valence-electron chi connectivity index (χ4n) is 3.66. The van der Waals surface area contributed by atoms with E-state index in [1.165, 1.54) is 4.90 Å². The number of aryl methyl sites for hydroxylation is 1. The van der Waals surface area contributed by atoms with Gasteiger partial charge in [-0.3, -0.25) is 19.5 Å². The largest absolute Gasteiger partial charge is 0.340 e. The molecule has 1 N–H and O–H groups in total. The third-order valence-electron chi connectivity index (χ3n) is 5.44. The second kappa shape index (κ2) is 8.06. The summed E-state index contributed by atoms with van der Waals surface area (Å²) < 4.78 is 2.92. The summed E-state index contributed by atoms with van der Waals surface area (Å²) >= 11 is 0. The van der Waals surface area contributed by atoms with Gasteiger partial charge in [-0.1, -0.05) is 30.3 Å². The Labute approximate surface area is 178 Å². The monoisotopic (exact) mass is 417 g/mol. The maximum Gasteiger partial charge on any atom is 0.273 e. The van der Waals surface area contributed by atoms with Gasteiger partial charge < -0.3 is 4.90 Å². The normalized spacial score (nSPS) is 11.1. The molecule has 0 saturated carbocycles. The van der Waals surface area contributed by atoms with Crippen molar-refractivity contribution in [3.05, 3.63) is 92.3 Å². The summed E-state index contributed by atoms with van der Waals surface area (Å²) in [5.74, 6) is -0.292. The number of hydrogen-bond donors (Lipinski definition) is 1. The molecule has 2 heterocycles. The summed E-state index contributed by atoms with van der Waals surface area (Å²) in [7, 11) is 1.67. The molecule has 0 fully saturated rings.